The summed E-state index contributed by atoms with van der Waals surface area (Å²) < 4.78 is 25.3. The highest BCUT2D eigenvalue weighted by Gasteiger charge is 2.54. The largest absolute Gasteiger partial charge is 0.494 e. The molecule has 0 atom stereocenters. The molecule has 28 heavy (non-hydrogen) atoms. The van der Waals surface area contributed by atoms with Gasteiger partial charge in [0.1, 0.15) is 0 Å². The van der Waals surface area contributed by atoms with Crippen LogP contribution in [-0.2, 0) is 18.6 Å². The smallest absolute Gasteiger partial charge is 0.399 e. The summed E-state index contributed by atoms with van der Waals surface area (Å²) in [6.45, 7) is 23.8. The van der Waals surface area contributed by atoms with Gasteiger partial charge in [0.05, 0.1) is 30.5 Å². The fourth-order valence-corrected chi connectivity index (χ4v) is 4.54. The summed E-state index contributed by atoms with van der Waals surface area (Å²) in [5.74, 6) is 0. The predicted octanol–water partition coefficient (Wildman–Crippen LogP) is 2.83. The van der Waals surface area contributed by atoms with E-state index in [1.807, 2.05) is 0 Å². The summed E-state index contributed by atoms with van der Waals surface area (Å²) in [6.07, 6.45) is 0. The van der Waals surface area contributed by atoms with E-state index in [1.165, 1.54) is 5.19 Å². The zero-order valence-electron chi connectivity index (χ0n) is 19.5. The maximum atomic E-state index is 6.33. The van der Waals surface area contributed by atoms with Crippen molar-refractivity contribution in [2.45, 2.75) is 97.4 Å². The van der Waals surface area contributed by atoms with Crippen molar-refractivity contribution in [3.63, 3.8) is 0 Å². The van der Waals surface area contributed by atoms with Crippen LogP contribution in [0.25, 0.3) is 0 Å². The Morgan fingerprint density at radius 3 is 1.11 bits per heavy atom. The first-order valence-electron chi connectivity index (χ1n) is 10.3. The monoisotopic (exact) mass is 402 g/mol. The number of rotatable bonds is 3. The van der Waals surface area contributed by atoms with Gasteiger partial charge in [0.2, 0.25) is 0 Å². The molecule has 0 radical (unpaired) electrons. The van der Waals surface area contributed by atoms with Crippen molar-refractivity contribution < 1.29 is 18.6 Å². The normalized spacial score (nSPS) is 25.4. The quantitative estimate of drug-likeness (QED) is 0.729. The maximum absolute atomic E-state index is 6.33. The molecule has 154 valence electrons. The van der Waals surface area contributed by atoms with Crippen molar-refractivity contribution in [3.05, 3.63) is 18.2 Å². The first-order chi connectivity index (χ1) is 12.5. The first-order valence-corrected chi connectivity index (χ1v) is 13.8. The van der Waals surface area contributed by atoms with Gasteiger partial charge in [-0.05, 0) is 66.3 Å². The van der Waals surface area contributed by atoms with Gasteiger partial charge in [-0.15, -0.1) is 0 Å². The highest BCUT2D eigenvalue weighted by atomic mass is 28.3. The van der Waals surface area contributed by atoms with Gasteiger partial charge in [0.25, 0.3) is 0 Å². The lowest BCUT2D eigenvalue weighted by molar-refractivity contribution is 0.00578. The molecular weight excluding hydrogens is 366 g/mol. The molecule has 2 heterocycles. The van der Waals surface area contributed by atoms with Gasteiger partial charge >= 0.3 is 14.2 Å². The first kappa shape index (κ1) is 22.1. The molecule has 2 aliphatic rings. The van der Waals surface area contributed by atoms with Gasteiger partial charge in [0, 0.05) is 0 Å². The maximum Gasteiger partial charge on any atom is 0.494 e. The van der Waals surface area contributed by atoms with Gasteiger partial charge in [-0.25, -0.2) is 0 Å². The van der Waals surface area contributed by atoms with Gasteiger partial charge in [-0.2, -0.15) is 0 Å². The molecule has 0 unspecified atom stereocenters. The average molecular weight is 402 g/mol. The van der Waals surface area contributed by atoms with Crippen molar-refractivity contribution >= 4 is 38.4 Å². The van der Waals surface area contributed by atoms with Crippen LogP contribution in [0.15, 0.2) is 18.2 Å². The SMILES string of the molecule is CC1(C)OB(c2cc(B3OC(C)(C)C(C)(C)O3)cc([Si](C)(C)C)c2)OC1(C)C. The van der Waals surface area contributed by atoms with Crippen LogP contribution in [0.5, 0.6) is 0 Å². The number of benzene rings is 1. The standard InChI is InChI=1S/C21H36B2O4Si/c1-18(2)19(3,4)25-22(24-18)15-12-16(14-17(13-15)28(9,10)11)23-26-20(5,6)21(7,8)27-23/h12-14H,1-11H3. The third-order valence-electron chi connectivity index (χ3n) is 6.89. The fraction of sp³-hybridized carbons (Fsp3) is 0.714. The van der Waals surface area contributed by atoms with Gasteiger partial charge in [-0.3, -0.25) is 0 Å². The van der Waals surface area contributed by atoms with E-state index in [1.54, 1.807) is 0 Å². The molecule has 1 aromatic rings. The van der Waals surface area contributed by atoms with Crippen LogP contribution in [0.3, 0.4) is 0 Å². The lowest BCUT2D eigenvalue weighted by Gasteiger charge is -2.32. The van der Waals surface area contributed by atoms with E-state index in [9.17, 15) is 0 Å². The second-order valence-corrected chi connectivity index (χ2v) is 16.4. The molecule has 0 aromatic heterocycles. The van der Waals surface area contributed by atoms with E-state index in [0.717, 1.165) is 10.9 Å². The zero-order chi connectivity index (χ0) is 21.3. The van der Waals surface area contributed by atoms with Crippen LogP contribution in [-0.4, -0.2) is 44.7 Å². The molecule has 1 aromatic carbocycles. The molecule has 4 nitrogen and oxygen atoms in total. The third-order valence-corrected chi connectivity index (χ3v) is 8.92. The molecule has 2 aliphatic heterocycles. The Hall–Kier alpha value is -0.593. The Labute approximate surface area is 173 Å². The topological polar surface area (TPSA) is 36.9 Å². The van der Waals surface area contributed by atoms with Gasteiger partial charge in [0.15, 0.2) is 0 Å². The van der Waals surface area contributed by atoms with E-state index < -0.39 is 8.07 Å². The van der Waals surface area contributed by atoms with Crippen molar-refractivity contribution in [1.29, 1.82) is 0 Å². The summed E-state index contributed by atoms with van der Waals surface area (Å²) in [4.78, 5) is 0. The van der Waals surface area contributed by atoms with E-state index >= 15 is 0 Å². The van der Waals surface area contributed by atoms with Crippen LogP contribution < -0.4 is 16.1 Å². The van der Waals surface area contributed by atoms with Crippen molar-refractivity contribution in [1.82, 2.24) is 0 Å². The lowest BCUT2D eigenvalue weighted by atomic mass is 9.72. The van der Waals surface area contributed by atoms with E-state index in [4.69, 9.17) is 18.6 Å². The van der Waals surface area contributed by atoms with Gasteiger partial charge < -0.3 is 18.6 Å². The minimum absolute atomic E-state index is 0.364. The van der Waals surface area contributed by atoms with E-state index in [-0.39, 0.29) is 36.6 Å². The van der Waals surface area contributed by atoms with Crippen LogP contribution >= 0.6 is 0 Å². The molecule has 0 saturated carbocycles. The number of hydrogen-bond acceptors (Lipinski definition) is 4. The highest BCUT2D eigenvalue weighted by molar-refractivity contribution is 6.89. The molecule has 0 amide bonds. The molecule has 7 heteroatoms. The molecule has 0 bridgehead atoms. The minimum Gasteiger partial charge on any atom is -0.399 e. The average Bonchev–Trinajstić information content (AvgIpc) is 2.86. The summed E-state index contributed by atoms with van der Waals surface area (Å²) in [7, 11) is -2.34. The molecular formula is C21H36B2O4Si. The minimum atomic E-state index is -1.56. The van der Waals surface area contributed by atoms with Crippen LogP contribution in [0.1, 0.15) is 55.4 Å². The highest BCUT2D eigenvalue weighted by Crippen LogP contribution is 2.37. The second kappa shape index (κ2) is 6.45. The van der Waals surface area contributed by atoms with Crippen molar-refractivity contribution in [3.8, 4) is 0 Å². The third kappa shape index (κ3) is 3.76. The van der Waals surface area contributed by atoms with Gasteiger partial charge in [-0.1, -0.05) is 43.0 Å². The molecule has 2 fully saturated rings. The van der Waals surface area contributed by atoms with Crippen molar-refractivity contribution in [2.75, 3.05) is 0 Å². The summed E-state index contributed by atoms with van der Waals surface area (Å²) >= 11 is 0. The second-order valence-electron chi connectivity index (χ2n) is 11.3. The molecule has 0 N–H and O–H groups in total. The van der Waals surface area contributed by atoms with Crippen LogP contribution in [0.2, 0.25) is 19.6 Å². The van der Waals surface area contributed by atoms with Crippen LogP contribution in [0, 0.1) is 0 Å². The van der Waals surface area contributed by atoms with Crippen LogP contribution in [0.4, 0.5) is 0 Å². The number of hydrogen-bond donors (Lipinski definition) is 0. The fourth-order valence-electron chi connectivity index (χ4n) is 3.34. The Kier molecular flexibility index (Phi) is 5.09. The Morgan fingerprint density at radius 2 is 0.857 bits per heavy atom. The van der Waals surface area contributed by atoms with Crippen molar-refractivity contribution in [2.24, 2.45) is 0 Å². The summed E-state index contributed by atoms with van der Waals surface area (Å²) in [5, 5.41) is 1.35. The molecule has 2 saturated heterocycles. The lowest BCUT2D eigenvalue weighted by Crippen LogP contribution is -2.49. The molecule has 3 rings (SSSR count). The Morgan fingerprint density at radius 1 is 0.571 bits per heavy atom. The summed E-state index contributed by atoms with van der Waals surface area (Å²) in [6, 6.07) is 6.64. The Balaban J connectivity index is 2.03. The summed E-state index contributed by atoms with van der Waals surface area (Å²) in [5.41, 5.74) is 0.634. The van der Waals surface area contributed by atoms with E-state index in [0.29, 0.717) is 0 Å². The zero-order valence-corrected chi connectivity index (χ0v) is 20.5. The predicted molar refractivity (Wildman–Crippen MR) is 121 cm³/mol. The molecule has 0 aliphatic carbocycles. The Bertz CT molecular complexity index is 682. The molecule has 0 spiro atoms. The van der Waals surface area contributed by atoms with E-state index in [2.05, 4.69) is 93.2 Å².